The fourth-order valence-electron chi connectivity index (χ4n) is 1.35. The molecule has 0 aromatic heterocycles. The molecule has 1 atom stereocenters. The third-order valence-corrected chi connectivity index (χ3v) is 1.85. The van der Waals surface area contributed by atoms with Crippen LogP contribution in [-0.2, 0) is 4.74 Å². The van der Waals surface area contributed by atoms with Gasteiger partial charge >= 0.3 is 0 Å². The molecule has 0 saturated carbocycles. The lowest BCUT2D eigenvalue weighted by Gasteiger charge is -2.21. The monoisotopic (exact) mass is 129 g/mol. The Kier molecular flexibility index (Phi) is 2.09. The minimum absolute atomic E-state index is 0.134. The van der Waals surface area contributed by atoms with Gasteiger partial charge < -0.3 is 10.1 Å². The van der Waals surface area contributed by atoms with Crippen LogP contribution in [0, 0.1) is 0 Å². The highest BCUT2D eigenvalue weighted by molar-refractivity contribution is 4.81. The second-order valence-electron chi connectivity index (χ2n) is 2.93. The van der Waals surface area contributed by atoms with E-state index in [2.05, 4.69) is 12.2 Å². The van der Waals surface area contributed by atoms with Gasteiger partial charge in [-0.2, -0.15) is 0 Å². The van der Waals surface area contributed by atoms with Crippen molar-refractivity contribution in [2.45, 2.75) is 25.4 Å². The van der Waals surface area contributed by atoms with Crippen LogP contribution in [0.4, 0.5) is 0 Å². The van der Waals surface area contributed by atoms with Crippen LogP contribution < -0.4 is 5.32 Å². The van der Waals surface area contributed by atoms with Crippen molar-refractivity contribution in [3.63, 3.8) is 0 Å². The van der Waals surface area contributed by atoms with E-state index in [1.165, 1.54) is 12.8 Å². The van der Waals surface area contributed by atoms with Crippen LogP contribution in [0.3, 0.4) is 0 Å². The minimum atomic E-state index is 0.134. The molecule has 0 aromatic carbocycles. The molecule has 0 amide bonds. The lowest BCUT2D eigenvalue weighted by atomic mass is 10.0. The molecule has 1 saturated heterocycles. The van der Waals surface area contributed by atoms with Gasteiger partial charge in [-0.15, -0.1) is 0 Å². The molecule has 1 fully saturated rings. The first-order valence-corrected chi connectivity index (χ1v) is 3.55. The summed E-state index contributed by atoms with van der Waals surface area (Å²) in [7, 11) is 1.97. The van der Waals surface area contributed by atoms with Gasteiger partial charge in [-0.3, -0.25) is 0 Å². The Hall–Kier alpha value is -0.0800. The van der Waals surface area contributed by atoms with E-state index in [4.69, 9.17) is 4.74 Å². The number of ether oxygens (including phenoxy) is 1. The van der Waals surface area contributed by atoms with E-state index in [0.717, 1.165) is 13.2 Å². The van der Waals surface area contributed by atoms with Gasteiger partial charge in [0, 0.05) is 13.2 Å². The molecular weight excluding hydrogens is 114 g/mol. The molecule has 0 aromatic rings. The molecule has 0 aliphatic carbocycles. The standard InChI is InChI=1S/C7H15NO/c1-7(6-8-2)4-3-5-9-7/h8H,3-6H2,1-2H3/t7-/m0/s1. The molecule has 1 rings (SSSR count). The van der Waals surface area contributed by atoms with E-state index in [1.807, 2.05) is 7.05 Å². The van der Waals surface area contributed by atoms with Gasteiger partial charge in [-0.1, -0.05) is 0 Å². The van der Waals surface area contributed by atoms with Crippen molar-refractivity contribution in [2.75, 3.05) is 20.2 Å². The zero-order chi connectivity index (χ0) is 6.74. The zero-order valence-corrected chi connectivity index (χ0v) is 6.24. The van der Waals surface area contributed by atoms with Crippen molar-refractivity contribution < 1.29 is 4.74 Å². The van der Waals surface area contributed by atoms with Crippen LogP contribution in [0.25, 0.3) is 0 Å². The van der Waals surface area contributed by atoms with Gasteiger partial charge in [-0.05, 0) is 26.8 Å². The zero-order valence-electron chi connectivity index (χ0n) is 6.24. The second kappa shape index (κ2) is 2.67. The molecule has 2 heteroatoms. The maximum absolute atomic E-state index is 5.52. The van der Waals surface area contributed by atoms with Gasteiger partial charge in [0.2, 0.25) is 0 Å². The van der Waals surface area contributed by atoms with E-state index >= 15 is 0 Å². The van der Waals surface area contributed by atoms with E-state index in [1.54, 1.807) is 0 Å². The van der Waals surface area contributed by atoms with Crippen molar-refractivity contribution in [2.24, 2.45) is 0 Å². The minimum Gasteiger partial charge on any atom is -0.374 e. The maximum atomic E-state index is 5.52. The average Bonchev–Trinajstić information content (AvgIpc) is 2.16. The molecule has 54 valence electrons. The maximum Gasteiger partial charge on any atom is 0.0779 e. The number of hydrogen-bond donors (Lipinski definition) is 1. The second-order valence-corrected chi connectivity index (χ2v) is 2.93. The SMILES string of the molecule is CNC[C@]1(C)CCCO1. The highest BCUT2D eigenvalue weighted by Gasteiger charge is 2.28. The smallest absolute Gasteiger partial charge is 0.0779 e. The Morgan fingerprint density at radius 1 is 1.67 bits per heavy atom. The summed E-state index contributed by atoms with van der Waals surface area (Å²) in [4.78, 5) is 0. The molecule has 0 bridgehead atoms. The first-order chi connectivity index (χ1) is 4.27. The molecule has 1 heterocycles. The predicted octanol–water partition coefficient (Wildman–Crippen LogP) is 0.775. The van der Waals surface area contributed by atoms with Crippen LogP contribution in [-0.4, -0.2) is 25.8 Å². The van der Waals surface area contributed by atoms with Crippen molar-refractivity contribution >= 4 is 0 Å². The first-order valence-electron chi connectivity index (χ1n) is 3.55. The van der Waals surface area contributed by atoms with Gasteiger partial charge in [0.05, 0.1) is 5.60 Å². The lowest BCUT2D eigenvalue weighted by Crippen LogP contribution is -2.35. The number of nitrogens with one attached hydrogen (secondary N) is 1. The third kappa shape index (κ3) is 1.66. The Labute approximate surface area is 56.6 Å². The predicted molar refractivity (Wildman–Crippen MR) is 37.5 cm³/mol. The third-order valence-electron chi connectivity index (χ3n) is 1.85. The highest BCUT2D eigenvalue weighted by atomic mass is 16.5. The van der Waals surface area contributed by atoms with Crippen molar-refractivity contribution in [1.82, 2.24) is 5.32 Å². The fraction of sp³-hybridized carbons (Fsp3) is 1.00. The fourth-order valence-corrected chi connectivity index (χ4v) is 1.35. The van der Waals surface area contributed by atoms with Crippen LogP contribution in [0.2, 0.25) is 0 Å². The summed E-state index contributed by atoms with van der Waals surface area (Å²) >= 11 is 0. The van der Waals surface area contributed by atoms with E-state index in [-0.39, 0.29) is 5.60 Å². The van der Waals surface area contributed by atoms with Crippen LogP contribution in [0.1, 0.15) is 19.8 Å². The molecule has 2 nitrogen and oxygen atoms in total. The summed E-state index contributed by atoms with van der Waals surface area (Å²) in [5.74, 6) is 0. The largest absolute Gasteiger partial charge is 0.374 e. The van der Waals surface area contributed by atoms with Crippen LogP contribution in [0.5, 0.6) is 0 Å². The number of rotatable bonds is 2. The van der Waals surface area contributed by atoms with Crippen molar-refractivity contribution in [3.05, 3.63) is 0 Å². The molecule has 0 spiro atoms. The quantitative estimate of drug-likeness (QED) is 0.594. The van der Waals surface area contributed by atoms with Crippen LogP contribution in [0.15, 0.2) is 0 Å². The molecule has 1 N–H and O–H groups in total. The van der Waals surface area contributed by atoms with E-state index in [0.29, 0.717) is 0 Å². The molecule has 1 aliphatic heterocycles. The summed E-state index contributed by atoms with van der Waals surface area (Å²) < 4.78 is 5.52. The lowest BCUT2D eigenvalue weighted by molar-refractivity contribution is 0.0224. The Morgan fingerprint density at radius 3 is 2.89 bits per heavy atom. The summed E-state index contributed by atoms with van der Waals surface area (Å²) in [5.41, 5.74) is 0.134. The topological polar surface area (TPSA) is 21.3 Å². The molecule has 0 unspecified atom stereocenters. The molecule has 1 aliphatic rings. The Morgan fingerprint density at radius 2 is 2.44 bits per heavy atom. The van der Waals surface area contributed by atoms with Gasteiger partial charge in [0.25, 0.3) is 0 Å². The number of likely N-dealkylation sites (N-methyl/N-ethyl adjacent to an activating group) is 1. The van der Waals surface area contributed by atoms with E-state index < -0.39 is 0 Å². The molecular formula is C7H15NO. The normalized spacial score (nSPS) is 35.3. The average molecular weight is 129 g/mol. The molecule has 9 heavy (non-hydrogen) atoms. The Balaban J connectivity index is 2.32. The van der Waals surface area contributed by atoms with Gasteiger partial charge in [-0.25, -0.2) is 0 Å². The Bertz CT molecular complexity index is 86.9. The van der Waals surface area contributed by atoms with Crippen LogP contribution >= 0.6 is 0 Å². The summed E-state index contributed by atoms with van der Waals surface area (Å²) in [6, 6.07) is 0. The van der Waals surface area contributed by atoms with Crippen molar-refractivity contribution in [3.8, 4) is 0 Å². The molecule has 0 radical (unpaired) electrons. The van der Waals surface area contributed by atoms with E-state index in [9.17, 15) is 0 Å². The summed E-state index contributed by atoms with van der Waals surface area (Å²) in [5, 5.41) is 3.13. The first kappa shape index (κ1) is 7.03. The highest BCUT2D eigenvalue weighted by Crippen LogP contribution is 2.23. The van der Waals surface area contributed by atoms with Crippen molar-refractivity contribution in [1.29, 1.82) is 0 Å². The van der Waals surface area contributed by atoms with Gasteiger partial charge in [0.15, 0.2) is 0 Å². The van der Waals surface area contributed by atoms with Gasteiger partial charge in [0.1, 0.15) is 0 Å². The summed E-state index contributed by atoms with van der Waals surface area (Å²) in [6.07, 6.45) is 2.42. The number of hydrogen-bond acceptors (Lipinski definition) is 2. The summed E-state index contributed by atoms with van der Waals surface area (Å²) in [6.45, 7) is 4.08.